The van der Waals surface area contributed by atoms with E-state index < -0.39 is 8.32 Å². The zero-order chi connectivity index (χ0) is 25.2. The second-order valence-corrected chi connectivity index (χ2v) is 14.9. The van der Waals surface area contributed by atoms with Gasteiger partial charge in [0.15, 0.2) is 0 Å². The van der Waals surface area contributed by atoms with Gasteiger partial charge in [0.05, 0.1) is 4.58 Å². The third-order valence-electron chi connectivity index (χ3n) is 6.23. The normalized spacial score (nSPS) is 11.5. The maximum absolute atomic E-state index is 7.21. The van der Waals surface area contributed by atoms with Crippen LogP contribution in [-0.2, 0) is 4.43 Å². The molecule has 1 nitrogen and oxygen atoms in total. The summed E-state index contributed by atoms with van der Waals surface area (Å²) in [6, 6.07) is 53.8. The van der Waals surface area contributed by atoms with E-state index in [9.17, 15) is 0 Å². The third kappa shape index (κ3) is 6.46. The van der Waals surface area contributed by atoms with E-state index in [1.807, 2.05) is 23.5 Å². The lowest BCUT2D eigenvalue weighted by Crippen LogP contribution is -2.69. The Morgan fingerprint density at radius 3 is 1.14 bits per heavy atom. The van der Waals surface area contributed by atoms with Gasteiger partial charge in [0.1, 0.15) is 0 Å². The molecule has 0 N–H and O–H groups in total. The van der Waals surface area contributed by atoms with Gasteiger partial charge in [-0.1, -0.05) is 127 Å². The SMILES string of the molecule is c1ccc(SC(CCO[Si](c2ccccc2)(c2ccccc2)c2ccccc2)Sc2ccccc2)cc1. The van der Waals surface area contributed by atoms with Crippen LogP contribution in [0.4, 0.5) is 0 Å². The molecular weight excluding hydrogens is 505 g/mol. The predicted octanol–water partition coefficient (Wildman–Crippen LogP) is 6.97. The van der Waals surface area contributed by atoms with Crippen molar-refractivity contribution >= 4 is 47.4 Å². The number of rotatable bonds is 11. The molecule has 0 radical (unpaired) electrons. The van der Waals surface area contributed by atoms with Gasteiger partial charge in [-0.25, -0.2) is 0 Å². The molecule has 0 saturated carbocycles. The summed E-state index contributed by atoms with van der Waals surface area (Å²) in [5, 5.41) is 3.82. The Labute approximate surface area is 230 Å². The van der Waals surface area contributed by atoms with Gasteiger partial charge >= 0.3 is 0 Å². The molecule has 184 valence electrons. The van der Waals surface area contributed by atoms with Gasteiger partial charge in [0.2, 0.25) is 0 Å². The summed E-state index contributed by atoms with van der Waals surface area (Å²) in [7, 11) is -2.69. The Morgan fingerprint density at radius 2 is 0.784 bits per heavy atom. The molecule has 0 spiro atoms. The van der Waals surface area contributed by atoms with Crippen molar-refractivity contribution in [1.29, 1.82) is 0 Å². The van der Waals surface area contributed by atoms with Crippen LogP contribution >= 0.6 is 23.5 Å². The minimum Gasteiger partial charge on any atom is -0.404 e. The molecule has 0 aliphatic rings. The topological polar surface area (TPSA) is 9.23 Å². The summed E-state index contributed by atoms with van der Waals surface area (Å²) >= 11 is 3.84. The highest BCUT2D eigenvalue weighted by atomic mass is 32.2. The summed E-state index contributed by atoms with van der Waals surface area (Å²) in [4.78, 5) is 2.57. The van der Waals surface area contributed by atoms with Gasteiger partial charge in [0, 0.05) is 16.4 Å². The van der Waals surface area contributed by atoms with Crippen molar-refractivity contribution in [2.45, 2.75) is 20.8 Å². The van der Waals surface area contributed by atoms with Crippen LogP contribution in [0.1, 0.15) is 6.42 Å². The molecule has 0 fully saturated rings. The Balaban J connectivity index is 1.46. The molecular formula is C33H30OS2Si. The maximum Gasteiger partial charge on any atom is 0.288 e. The van der Waals surface area contributed by atoms with E-state index in [1.54, 1.807) is 0 Å². The van der Waals surface area contributed by atoms with Crippen LogP contribution < -0.4 is 15.6 Å². The van der Waals surface area contributed by atoms with Crippen LogP contribution in [-0.4, -0.2) is 19.5 Å². The first-order valence-corrected chi connectivity index (χ1v) is 16.3. The Kier molecular flexibility index (Phi) is 8.98. The average molecular weight is 535 g/mol. The Hall–Kier alpha value is -3.02. The van der Waals surface area contributed by atoms with Gasteiger partial charge in [-0.15, -0.1) is 23.5 Å². The van der Waals surface area contributed by atoms with Gasteiger partial charge in [-0.2, -0.15) is 0 Å². The summed E-state index contributed by atoms with van der Waals surface area (Å²) in [5.74, 6) is 0. The third-order valence-corrected chi connectivity index (χ3v) is 13.0. The largest absolute Gasteiger partial charge is 0.404 e. The van der Waals surface area contributed by atoms with E-state index in [0.29, 0.717) is 11.2 Å². The van der Waals surface area contributed by atoms with E-state index in [0.717, 1.165) is 6.42 Å². The van der Waals surface area contributed by atoms with E-state index in [2.05, 4.69) is 152 Å². The van der Waals surface area contributed by atoms with Gasteiger partial charge < -0.3 is 4.43 Å². The molecule has 0 aliphatic heterocycles. The zero-order valence-electron chi connectivity index (χ0n) is 20.7. The Bertz CT molecular complexity index is 1200. The van der Waals surface area contributed by atoms with Gasteiger partial charge in [0.25, 0.3) is 8.32 Å². The lowest BCUT2D eigenvalue weighted by molar-refractivity contribution is 0.322. The summed E-state index contributed by atoms with van der Waals surface area (Å²) in [6.45, 7) is 0.676. The smallest absolute Gasteiger partial charge is 0.288 e. The molecule has 0 aliphatic carbocycles. The van der Waals surface area contributed by atoms with Crippen molar-refractivity contribution in [3.63, 3.8) is 0 Å². The van der Waals surface area contributed by atoms with E-state index >= 15 is 0 Å². The van der Waals surface area contributed by atoms with E-state index in [4.69, 9.17) is 4.43 Å². The molecule has 0 saturated heterocycles. The van der Waals surface area contributed by atoms with Crippen LogP contribution in [0.15, 0.2) is 161 Å². The fourth-order valence-electron chi connectivity index (χ4n) is 4.52. The highest BCUT2D eigenvalue weighted by molar-refractivity contribution is 8.17. The van der Waals surface area contributed by atoms with E-state index in [-0.39, 0.29) is 0 Å². The first-order valence-electron chi connectivity index (χ1n) is 12.6. The van der Waals surface area contributed by atoms with Crippen molar-refractivity contribution in [3.05, 3.63) is 152 Å². The summed E-state index contributed by atoms with van der Waals surface area (Å²) in [5.41, 5.74) is 0. The molecule has 0 bridgehead atoms. The zero-order valence-corrected chi connectivity index (χ0v) is 23.3. The lowest BCUT2D eigenvalue weighted by Gasteiger charge is -2.33. The van der Waals surface area contributed by atoms with Crippen molar-refractivity contribution in [3.8, 4) is 0 Å². The molecule has 0 heterocycles. The quantitative estimate of drug-likeness (QED) is 0.0784. The minimum absolute atomic E-state index is 0.332. The molecule has 0 unspecified atom stereocenters. The summed E-state index contributed by atoms with van der Waals surface area (Å²) < 4.78 is 7.54. The van der Waals surface area contributed by atoms with Crippen LogP contribution in [0.25, 0.3) is 0 Å². The standard InChI is InChI=1S/C33H30OS2Si/c1-6-16-28(17-7-1)35-33(36-29-18-8-2-9-19-29)26-27-34-37(30-20-10-3-11-21-30,31-22-12-4-13-23-31)32-24-14-5-15-25-32/h1-25,33H,26-27H2. The van der Waals surface area contributed by atoms with Gasteiger partial charge in [-0.3, -0.25) is 0 Å². The first-order chi connectivity index (χ1) is 18.3. The fraction of sp³-hybridized carbons (Fsp3) is 0.0909. The number of benzene rings is 5. The second-order valence-electron chi connectivity index (χ2n) is 8.71. The molecule has 5 rings (SSSR count). The molecule has 4 heteroatoms. The highest BCUT2D eigenvalue weighted by Gasteiger charge is 2.41. The molecule has 0 atom stereocenters. The van der Waals surface area contributed by atoms with Crippen molar-refractivity contribution in [2.75, 3.05) is 6.61 Å². The second kappa shape index (κ2) is 13.0. The number of thioether (sulfide) groups is 2. The Morgan fingerprint density at radius 1 is 0.459 bits per heavy atom. The van der Waals surface area contributed by atoms with Crippen LogP contribution in [0.3, 0.4) is 0 Å². The first kappa shape index (κ1) is 25.6. The lowest BCUT2D eigenvalue weighted by atomic mass is 10.3. The molecule has 5 aromatic carbocycles. The van der Waals surface area contributed by atoms with Crippen LogP contribution in [0.2, 0.25) is 0 Å². The molecule has 0 amide bonds. The van der Waals surface area contributed by atoms with Crippen LogP contribution in [0, 0.1) is 0 Å². The minimum atomic E-state index is -2.69. The fourth-order valence-corrected chi connectivity index (χ4v) is 11.0. The van der Waals surface area contributed by atoms with Crippen molar-refractivity contribution < 1.29 is 4.43 Å². The number of hydrogen-bond acceptors (Lipinski definition) is 3. The maximum atomic E-state index is 7.21. The molecule has 37 heavy (non-hydrogen) atoms. The van der Waals surface area contributed by atoms with E-state index in [1.165, 1.54) is 25.4 Å². The number of hydrogen-bond donors (Lipinski definition) is 0. The monoisotopic (exact) mass is 534 g/mol. The summed E-state index contributed by atoms with van der Waals surface area (Å²) in [6.07, 6.45) is 0.931. The molecule has 5 aromatic rings. The highest BCUT2D eigenvalue weighted by Crippen LogP contribution is 2.37. The van der Waals surface area contributed by atoms with Crippen molar-refractivity contribution in [1.82, 2.24) is 0 Å². The van der Waals surface area contributed by atoms with Gasteiger partial charge in [-0.05, 0) is 46.2 Å². The average Bonchev–Trinajstić information content (AvgIpc) is 2.98. The molecule has 0 aromatic heterocycles. The van der Waals surface area contributed by atoms with Crippen molar-refractivity contribution in [2.24, 2.45) is 0 Å². The predicted molar refractivity (Wildman–Crippen MR) is 163 cm³/mol. The van der Waals surface area contributed by atoms with Crippen LogP contribution in [0.5, 0.6) is 0 Å².